The summed E-state index contributed by atoms with van der Waals surface area (Å²) in [4.78, 5) is 37.3. The van der Waals surface area contributed by atoms with E-state index in [1.54, 1.807) is 25.1 Å². The standard InChI is InChI=1S/C24H32O7/c1-4-6-7-8-9-13-19(26)22-20(27)15-21(28)24(22,31-16(3)25)18-12-10-11-17(14-18)23(29)30-5-2/h10-14,20,22,26-27H,4-9,15H2,1-3H3/b19-13-. The highest BCUT2D eigenvalue weighted by molar-refractivity contribution is 5.95. The van der Waals surface area contributed by atoms with Crippen molar-refractivity contribution in [3.05, 3.63) is 47.2 Å². The average Bonchev–Trinajstić information content (AvgIpc) is 2.97. The van der Waals surface area contributed by atoms with Crippen LogP contribution in [0.3, 0.4) is 0 Å². The molecule has 1 aromatic carbocycles. The van der Waals surface area contributed by atoms with Crippen molar-refractivity contribution >= 4 is 17.7 Å². The van der Waals surface area contributed by atoms with E-state index in [1.165, 1.54) is 12.1 Å². The topological polar surface area (TPSA) is 110 Å². The Morgan fingerprint density at radius 3 is 2.61 bits per heavy atom. The minimum atomic E-state index is -1.92. The van der Waals surface area contributed by atoms with Crippen LogP contribution in [0, 0.1) is 5.92 Å². The number of hydrogen-bond donors (Lipinski definition) is 2. The van der Waals surface area contributed by atoms with E-state index in [0.717, 1.165) is 32.6 Å². The first kappa shape index (κ1) is 24.6. The number of carbonyl (C=O) groups excluding carboxylic acids is 3. The van der Waals surface area contributed by atoms with Crippen LogP contribution in [0.1, 0.15) is 75.2 Å². The Morgan fingerprint density at radius 1 is 1.23 bits per heavy atom. The van der Waals surface area contributed by atoms with Crippen molar-refractivity contribution in [2.75, 3.05) is 6.61 Å². The molecule has 7 heteroatoms. The van der Waals surface area contributed by atoms with E-state index in [9.17, 15) is 24.6 Å². The molecule has 170 valence electrons. The molecule has 0 radical (unpaired) electrons. The molecule has 0 heterocycles. The molecular weight excluding hydrogens is 400 g/mol. The van der Waals surface area contributed by atoms with Gasteiger partial charge in [0.2, 0.25) is 5.60 Å². The minimum absolute atomic E-state index is 0.181. The van der Waals surface area contributed by atoms with Gasteiger partial charge in [-0.3, -0.25) is 9.59 Å². The van der Waals surface area contributed by atoms with Crippen molar-refractivity contribution in [1.82, 2.24) is 0 Å². The Balaban J connectivity index is 2.50. The quantitative estimate of drug-likeness (QED) is 0.327. The van der Waals surface area contributed by atoms with Gasteiger partial charge >= 0.3 is 11.9 Å². The Labute approximate surface area is 183 Å². The van der Waals surface area contributed by atoms with Crippen molar-refractivity contribution in [3.8, 4) is 0 Å². The number of esters is 2. The SMILES string of the molecule is CCCCCC/C=C(\O)C1C(O)CC(=O)C1(OC(C)=O)c1cccc(C(=O)OCC)c1. The molecule has 1 fully saturated rings. The van der Waals surface area contributed by atoms with Gasteiger partial charge in [0.25, 0.3) is 0 Å². The molecule has 0 bridgehead atoms. The van der Waals surface area contributed by atoms with Gasteiger partial charge in [-0.25, -0.2) is 4.79 Å². The van der Waals surface area contributed by atoms with Crippen molar-refractivity contribution in [1.29, 1.82) is 0 Å². The van der Waals surface area contributed by atoms with Crippen LogP contribution in [0.25, 0.3) is 0 Å². The Morgan fingerprint density at radius 2 is 1.97 bits per heavy atom. The zero-order valence-corrected chi connectivity index (χ0v) is 18.4. The van der Waals surface area contributed by atoms with Gasteiger partial charge in [0.15, 0.2) is 5.78 Å². The number of carbonyl (C=O) groups is 3. The normalized spacial score (nSPS) is 23.6. The number of aliphatic hydroxyl groups excluding tert-OH is 2. The molecule has 1 saturated carbocycles. The predicted octanol–water partition coefficient (Wildman–Crippen LogP) is 3.98. The van der Waals surface area contributed by atoms with Crippen LogP contribution < -0.4 is 0 Å². The second-order valence-corrected chi connectivity index (χ2v) is 7.78. The minimum Gasteiger partial charge on any atom is -0.512 e. The van der Waals surface area contributed by atoms with E-state index in [2.05, 4.69) is 6.92 Å². The van der Waals surface area contributed by atoms with Crippen molar-refractivity contribution in [3.63, 3.8) is 0 Å². The number of unbranched alkanes of at least 4 members (excludes halogenated alkanes) is 4. The molecule has 31 heavy (non-hydrogen) atoms. The van der Waals surface area contributed by atoms with Crippen LogP contribution in [0.5, 0.6) is 0 Å². The number of benzene rings is 1. The van der Waals surface area contributed by atoms with Crippen molar-refractivity contribution in [2.45, 2.75) is 71.0 Å². The van der Waals surface area contributed by atoms with Crippen LogP contribution in [-0.4, -0.2) is 40.6 Å². The highest BCUT2D eigenvalue weighted by atomic mass is 16.6. The van der Waals surface area contributed by atoms with Gasteiger partial charge in [0, 0.05) is 18.9 Å². The molecule has 0 amide bonds. The molecule has 0 spiro atoms. The number of ketones is 1. The van der Waals surface area contributed by atoms with Gasteiger partial charge in [-0.2, -0.15) is 0 Å². The van der Waals surface area contributed by atoms with Crippen LogP contribution >= 0.6 is 0 Å². The van der Waals surface area contributed by atoms with Crippen molar-refractivity contribution in [2.24, 2.45) is 5.92 Å². The summed E-state index contributed by atoms with van der Waals surface area (Å²) < 4.78 is 10.6. The van der Waals surface area contributed by atoms with Crippen molar-refractivity contribution < 1.29 is 34.1 Å². The number of aliphatic hydroxyl groups is 2. The summed E-state index contributed by atoms with van der Waals surface area (Å²) >= 11 is 0. The van der Waals surface area contributed by atoms with E-state index in [1.807, 2.05) is 0 Å². The van der Waals surface area contributed by atoms with Crippen LogP contribution in [0.4, 0.5) is 0 Å². The third-order valence-corrected chi connectivity index (χ3v) is 5.47. The van der Waals surface area contributed by atoms with Gasteiger partial charge in [0.1, 0.15) is 0 Å². The number of ether oxygens (including phenoxy) is 2. The third-order valence-electron chi connectivity index (χ3n) is 5.47. The molecule has 3 unspecified atom stereocenters. The fourth-order valence-corrected chi connectivity index (χ4v) is 4.10. The summed E-state index contributed by atoms with van der Waals surface area (Å²) in [6, 6.07) is 6.03. The molecule has 0 aliphatic heterocycles. The van der Waals surface area contributed by atoms with Crippen LogP contribution in [0.15, 0.2) is 36.1 Å². The fourth-order valence-electron chi connectivity index (χ4n) is 4.10. The first-order valence-corrected chi connectivity index (χ1v) is 10.9. The number of hydrogen-bond acceptors (Lipinski definition) is 7. The number of allylic oxidation sites excluding steroid dienone is 1. The molecule has 1 aliphatic carbocycles. The summed E-state index contributed by atoms with van der Waals surface area (Å²) in [5.74, 6) is -3.21. The summed E-state index contributed by atoms with van der Waals surface area (Å²) in [5.41, 5.74) is -1.52. The van der Waals surface area contributed by atoms with Gasteiger partial charge < -0.3 is 19.7 Å². The molecule has 2 rings (SSSR count). The maximum atomic E-state index is 13.1. The van der Waals surface area contributed by atoms with Gasteiger partial charge in [0.05, 0.1) is 30.0 Å². The van der Waals surface area contributed by atoms with Gasteiger partial charge in [-0.1, -0.05) is 38.3 Å². The lowest BCUT2D eigenvalue weighted by Crippen LogP contribution is -2.44. The molecular formula is C24H32O7. The Hall–Kier alpha value is -2.67. The second-order valence-electron chi connectivity index (χ2n) is 7.78. The van der Waals surface area contributed by atoms with E-state index in [0.29, 0.717) is 6.42 Å². The Bertz CT molecular complexity index is 829. The summed E-state index contributed by atoms with van der Waals surface area (Å²) in [6.45, 7) is 5.13. The zero-order chi connectivity index (χ0) is 23.0. The Kier molecular flexibility index (Phi) is 8.80. The number of Topliss-reactive ketones (excluding diaryl/α,β-unsaturated/α-hetero) is 1. The van der Waals surface area contributed by atoms with Crippen LogP contribution in [0.2, 0.25) is 0 Å². The lowest BCUT2D eigenvalue weighted by Gasteiger charge is -2.34. The third kappa shape index (κ3) is 5.53. The summed E-state index contributed by atoms with van der Waals surface area (Å²) in [5, 5.41) is 21.5. The van der Waals surface area contributed by atoms with E-state index >= 15 is 0 Å². The largest absolute Gasteiger partial charge is 0.512 e. The summed E-state index contributed by atoms with van der Waals surface area (Å²) in [6.07, 6.45) is 4.66. The zero-order valence-electron chi connectivity index (χ0n) is 18.4. The van der Waals surface area contributed by atoms with Crippen LogP contribution in [-0.2, 0) is 24.7 Å². The first-order valence-electron chi connectivity index (χ1n) is 10.9. The molecule has 2 N–H and O–H groups in total. The van der Waals surface area contributed by atoms with E-state index < -0.39 is 35.3 Å². The highest BCUT2D eigenvalue weighted by Crippen LogP contribution is 2.47. The van der Waals surface area contributed by atoms with Gasteiger partial charge in [-0.05, 0) is 38.0 Å². The first-order chi connectivity index (χ1) is 14.8. The maximum absolute atomic E-state index is 13.1. The number of rotatable bonds is 10. The maximum Gasteiger partial charge on any atom is 0.338 e. The van der Waals surface area contributed by atoms with E-state index in [4.69, 9.17) is 9.47 Å². The van der Waals surface area contributed by atoms with E-state index in [-0.39, 0.29) is 29.9 Å². The average molecular weight is 433 g/mol. The molecule has 7 nitrogen and oxygen atoms in total. The molecule has 1 aromatic rings. The lowest BCUT2D eigenvalue weighted by molar-refractivity contribution is -0.170. The summed E-state index contributed by atoms with van der Waals surface area (Å²) in [7, 11) is 0. The molecule has 1 aliphatic rings. The molecule has 0 aromatic heterocycles. The van der Waals surface area contributed by atoms with Gasteiger partial charge in [-0.15, -0.1) is 0 Å². The highest BCUT2D eigenvalue weighted by Gasteiger charge is 2.60. The lowest BCUT2D eigenvalue weighted by atomic mass is 9.80. The predicted molar refractivity (Wildman–Crippen MR) is 114 cm³/mol. The monoisotopic (exact) mass is 432 g/mol. The molecule has 0 saturated heterocycles. The second kappa shape index (κ2) is 11.1. The molecule has 3 atom stereocenters. The smallest absolute Gasteiger partial charge is 0.338 e. The fraction of sp³-hybridized carbons (Fsp3) is 0.542.